The zero-order valence-corrected chi connectivity index (χ0v) is 14.8. The van der Waals surface area contributed by atoms with Gasteiger partial charge in [-0.1, -0.05) is 12.1 Å². The number of rotatable bonds is 4. The number of thiophene rings is 1. The summed E-state index contributed by atoms with van der Waals surface area (Å²) in [5, 5.41) is 9.33. The molecule has 0 aliphatic rings. The maximum absolute atomic E-state index is 12.7. The second kappa shape index (κ2) is 6.26. The second-order valence-electron chi connectivity index (χ2n) is 5.88. The number of carbonyl (C=O) groups excluding carboxylic acids is 1. The average molecular weight is 373 g/mol. The summed E-state index contributed by atoms with van der Waals surface area (Å²) in [4.78, 5) is 48.3. The minimum atomic E-state index is -1.04. The Hall–Kier alpha value is -3.20. The third-order valence-electron chi connectivity index (χ3n) is 4.12. The van der Waals surface area contributed by atoms with E-state index in [0.29, 0.717) is 16.0 Å². The minimum absolute atomic E-state index is 0.00998. The number of aromatic carboxylic acids is 1. The van der Waals surface area contributed by atoms with Crippen molar-refractivity contribution in [1.29, 1.82) is 0 Å². The molecular weight excluding hydrogens is 358 g/mol. The molecule has 0 atom stereocenters. The van der Waals surface area contributed by atoms with Crippen LogP contribution < -0.4 is 17.0 Å². The van der Waals surface area contributed by atoms with E-state index in [1.807, 2.05) is 0 Å². The summed E-state index contributed by atoms with van der Waals surface area (Å²) in [5.74, 6) is -1.70. The van der Waals surface area contributed by atoms with Gasteiger partial charge in [-0.2, -0.15) is 0 Å². The van der Waals surface area contributed by atoms with Gasteiger partial charge < -0.3 is 10.8 Å². The summed E-state index contributed by atoms with van der Waals surface area (Å²) >= 11 is 0.993. The summed E-state index contributed by atoms with van der Waals surface area (Å²) < 4.78 is 2.35. The molecule has 2 heterocycles. The molecule has 0 aliphatic heterocycles. The van der Waals surface area contributed by atoms with Crippen LogP contribution in [0.4, 0.5) is 0 Å². The lowest BCUT2D eigenvalue weighted by atomic mass is 10.1. The Morgan fingerprint density at radius 1 is 1.23 bits per heavy atom. The number of carboxylic acid groups (broad SMARTS) is 1. The fourth-order valence-electron chi connectivity index (χ4n) is 2.79. The van der Waals surface area contributed by atoms with Gasteiger partial charge in [-0.25, -0.2) is 9.59 Å². The van der Waals surface area contributed by atoms with Gasteiger partial charge in [0.05, 0.1) is 22.4 Å². The Balaban J connectivity index is 2.15. The Kier molecular flexibility index (Phi) is 4.25. The van der Waals surface area contributed by atoms with E-state index >= 15 is 0 Å². The summed E-state index contributed by atoms with van der Waals surface area (Å²) in [7, 11) is 1.51. The van der Waals surface area contributed by atoms with Crippen molar-refractivity contribution in [3.63, 3.8) is 0 Å². The molecule has 3 rings (SSSR count). The van der Waals surface area contributed by atoms with E-state index in [1.54, 1.807) is 19.1 Å². The molecule has 2 aromatic heterocycles. The molecule has 0 radical (unpaired) electrons. The number of amides is 1. The number of aryl methyl sites for hydroxylation is 2. The van der Waals surface area contributed by atoms with Gasteiger partial charge in [-0.3, -0.25) is 18.7 Å². The predicted molar refractivity (Wildman–Crippen MR) is 97.1 cm³/mol. The molecule has 9 heteroatoms. The number of carboxylic acids is 1. The van der Waals surface area contributed by atoms with Gasteiger partial charge in [0.25, 0.3) is 11.5 Å². The van der Waals surface area contributed by atoms with Crippen LogP contribution in [-0.2, 0) is 13.6 Å². The Morgan fingerprint density at radius 3 is 2.50 bits per heavy atom. The highest BCUT2D eigenvalue weighted by molar-refractivity contribution is 7.20. The molecule has 26 heavy (non-hydrogen) atoms. The van der Waals surface area contributed by atoms with Crippen molar-refractivity contribution < 1.29 is 14.7 Å². The molecular formula is C17H15N3O5S. The first kappa shape index (κ1) is 17.6. The number of nitrogens with two attached hydrogens (primary N) is 1. The molecule has 0 saturated carbocycles. The van der Waals surface area contributed by atoms with Crippen molar-refractivity contribution in [2.24, 2.45) is 12.8 Å². The first-order chi connectivity index (χ1) is 12.2. The van der Waals surface area contributed by atoms with E-state index in [9.17, 15) is 19.2 Å². The van der Waals surface area contributed by atoms with Crippen molar-refractivity contribution in [3.05, 3.63) is 66.7 Å². The SMILES string of the molecule is Cc1cc(Cn2c(=O)c3cc(C(N)=O)sc3n(C)c2=O)ccc1C(=O)O. The summed E-state index contributed by atoms with van der Waals surface area (Å²) in [6, 6.07) is 6.02. The smallest absolute Gasteiger partial charge is 0.335 e. The second-order valence-corrected chi connectivity index (χ2v) is 6.91. The van der Waals surface area contributed by atoms with Gasteiger partial charge in [0, 0.05) is 7.05 Å². The monoisotopic (exact) mass is 373 g/mol. The number of nitrogens with zero attached hydrogens (tertiary/aromatic N) is 2. The van der Waals surface area contributed by atoms with Gasteiger partial charge in [0.15, 0.2) is 0 Å². The maximum atomic E-state index is 12.7. The Labute approximate surface area is 150 Å². The fraction of sp³-hybridized carbons (Fsp3) is 0.176. The summed E-state index contributed by atoms with van der Waals surface area (Å²) in [6.07, 6.45) is 0. The van der Waals surface area contributed by atoms with Crippen LogP contribution in [0.1, 0.15) is 31.2 Å². The highest BCUT2D eigenvalue weighted by atomic mass is 32.1. The van der Waals surface area contributed by atoms with Crippen LogP contribution in [0, 0.1) is 6.92 Å². The summed E-state index contributed by atoms with van der Waals surface area (Å²) in [5.41, 5.74) is 5.53. The molecule has 0 bridgehead atoms. The van der Waals surface area contributed by atoms with Gasteiger partial charge in [0.1, 0.15) is 4.83 Å². The van der Waals surface area contributed by atoms with Crippen LogP contribution in [0.5, 0.6) is 0 Å². The van der Waals surface area contributed by atoms with Gasteiger partial charge in [0.2, 0.25) is 0 Å². The lowest BCUT2D eigenvalue weighted by molar-refractivity contribution is 0.0696. The largest absolute Gasteiger partial charge is 0.478 e. The zero-order chi connectivity index (χ0) is 19.2. The number of carbonyl (C=O) groups is 2. The zero-order valence-electron chi connectivity index (χ0n) is 14.0. The molecule has 0 unspecified atom stereocenters. The molecule has 0 fully saturated rings. The highest BCUT2D eigenvalue weighted by Crippen LogP contribution is 2.21. The maximum Gasteiger partial charge on any atom is 0.335 e. The molecule has 134 valence electrons. The first-order valence-electron chi connectivity index (χ1n) is 7.56. The van der Waals surface area contributed by atoms with E-state index < -0.39 is 23.1 Å². The summed E-state index contributed by atoms with van der Waals surface area (Å²) in [6.45, 7) is 1.64. The van der Waals surface area contributed by atoms with E-state index in [4.69, 9.17) is 10.8 Å². The van der Waals surface area contributed by atoms with Gasteiger partial charge in [-0.05, 0) is 30.2 Å². The molecule has 1 amide bonds. The standard InChI is InChI=1S/C17H15N3O5S/c1-8-5-9(3-4-10(8)16(23)24)7-20-14(22)11-6-12(13(18)21)26-15(11)19(2)17(20)25/h3-6H,7H2,1-2H3,(H2,18,21)(H,23,24). The minimum Gasteiger partial charge on any atom is -0.478 e. The number of hydrogen-bond acceptors (Lipinski definition) is 5. The number of benzene rings is 1. The van der Waals surface area contributed by atoms with E-state index in [0.717, 1.165) is 15.9 Å². The number of hydrogen-bond donors (Lipinski definition) is 2. The number of primary amides is 1. The van der Waals surface area contributed by atoms with Crippen LogP contribution in [0.3, 0.4) is 0 Å². The van der Waals surface area contributed by atoms with Gasteiger partial charge in [-0.15, -0.1) is 11.3 Å². The molecule has 3 aromatic rings. The molecule has 3 N–H and O–H groups in total. The first-order valence-corrected chi connectivity index (χ1v) is 8.38. The lowest BCUT2D eigenvalue weighted by Crippen LogP contribution is -2.38. The Morgan fingerprint density at radius 2 is 1.92 bits per heavy atom. The highest BCUT2D eigenvalue weighted by Gasteiger charge is 2.17. The third-order valence-corrected chi connectivity index (χ3v) is 5.34. The van der Waals surface area contributed by atoms with Crippen LogP contribution in [-0.4, -0.2) is 26.1 Å². The van der Waals surface area contributed by atoms with E-state index in [2.05, 4.69) is 0 Å². The van der Waals surface area contributed by atoms with Crippen LogP contribution in [0.2, 0.25) is 0 Å². The molecule has 0 spiro atoms. The quantitative estimate of drug-likeness (QED) is 0.703. The number of fused-ring (bicyclic) bond motifs is 1. The molecule has 0 saturated heterocycles. The van der Waals surface area contributed by atoms with Crippen LogP contribution in [0.15, 0.2) is 33.9 Å². The molecule has 8 nitrogen and oxygen atoms in total. The lowest BCUT2D eigenvalue weighted by Gasteiger charge is -2.10. The van der Waals surface area contributed by atoms with Crippen LogP contribution >= 0.6 is 11.3 Å². The molecule has 1 aromatic carbocycles. The van der Waals surface area contributed by atoms with Gasteiger partial charge >= 0.3 is 11.7 Å². The third kappa shape index (κ3) is 2.82. The van der Waals surface area contributed by atoms with Crippen molar-refractivity contribution in [2.45, 2.75) is 13.5 Å². The van der Waals surface area contributed by atoms with Crippen molar-refractivity contribution >= 4 is 33.4 Å². The molecule has 0 aliphatic carbocycles. The van der Waals surface area contributed by atoms with Crippen molar-refractivity contribution in [2.75, 3.05) is 0 Å². The Bertz CT molecular complexity index is 1190. The van der Waals surface area contributed by atoms with Crippen molar-refractivity contribution in [1.82, 2.24) is 9.13 Å². The average Bonchev–Trinajstić information content (AvgIpc) is 3.02. The topological polar surface area (TPSA) is 124 Å². The van der Waals surface area contributed by atoms with Crippen molar-refractivity contribution in [3.8, 4) is 0 Å². The van der Waals surface area contributed by atoms with E-state index in [1.165, 1.54) is 23.7 Å². The predicted octanol–water partition coefficient (Wildman–Crippen LogP) is 0.916. The fourth-order valence-corrected chi connectivity index (χ4v) is 3.75. The number of aromatic nitrogens is 2. The van der Waals surface area contributed by atoms with Crippen LogP contribution in [0.25, 0.3) is 10.2 Å². The normalized spacial score (nSPS) is 11.0. The van der Waals surface area contributed by atoms with E-state index in [-0.39, 0.29) is 22.4 Å².